The molecule has 0 aliphatic carbocycles. The molecule has 2 N–H and O–H groups in total. The summed E-state index contributed by atoms with van der Waals surface area (Å²) in [5, 5.41) is 6.73. The summed E-state index contributed by atoms with van der Waals surface area (Å²) in [6.07, 6.45) is 0.0813. The summed E-state index contributed by atoms with van der Waals surface area (Å²) in [5.41, 5.74) is 2.74. The SMILES string of the molecule is CC(C)Oc1ccccc1Nc1nc(NCCN(C)C)cc(-c2ccccc2)n1. The fraction of sp³-hybridized carbons (Fsp3) is 0.304. The Balaban J connectivity index is 1.91. The maximum atomic E-state index is 5.91. The molecule has 0 amide bonds. The van der Waals surface area contributed by atoms with E-state index in [0.29, 0.717) is 5.95 Å². The largest absolute Gasteiger partial charge is 0.489 e. The first kappa shape index (κ1) is 20.6. The molecule has 0 atom stereocenters. The van der Waals surface area contributed by atoms with Gasteiger partial charge in [-0.15, -0.1) is 0 Å². The molecule has 3 aromatic rings. The number of hydrogen-bond acceptors (Lipinski definition) is 6. The third kappa shape index (κ3) is 6.19. The molecule has 6 nitrogen and oxygen atoms in total. The number of nitrogens with zero attached hydrogens (tertiary/aromatic N) is 3. The Bertz CT molecular complexity index is 912. The fourth-order valence-corrected chi connectivity index (χ4v) is 2.81. The molecule has 0 aliphatic rings. The Morgan fingerprint density at radius 3 is 2.41 bits per heavy atom. The van der Waals surface area contributed by atoms with Gasteiger partial charge in [0.05, 0.1) is 17.5 Å². The van der Waals surface area contributed by atoms with Crippen molar-refractivity contribution in [3.63, 3.8) is 0 Å². The van der Waals surface area contributed by atoms with Gasteiger partial charge >= 0.3 is 0 Å². The van der Waals surface area contributed by atoms with E-state index in [1.807, 2.05) is 74.5 Å². The van der Waals surface area contributed by atoms with Gasteiger partial charge in [-0.1, -0.05) is 42.5 Å². The number of ether oxygens (including phenoxy) is 1. The molecule has 0 aliphatic heterocycles. The molecule has 6 heteroatoms. The van der Waals surface area contributed by atoms with E-state index in [-0.39, 0.29) is 6.10 Å². The lowest BCUT2D eigenvalue weighted by molar-refractivity contribution is 0.244. The van der Waals surface area contributed by atoms with E-state index < -0.39 is 0 Å². The zero-order chi connectivity index (χ0) is 20.6. The maximum absolute atomic E-state index is 5.91. The van der Waals surface area contributed by atoms with Crippen molar-refractivity contribution in [1.82, 2.24) is 14.9 Å². The van der Waals surface area contributed by atoms with Crippen LogP contribution in [0.4, 0.5) is 17.5 Å². The van der Waals surface area contributed by atoms with Gasteiger partial charge in [-0.2, -0.15) is 4.98 Å². The van der Waals surface area contributed by atoms with Crippen molar-refractivity contribution in [1.29, 1.82) is 0 Å². The zero-order valence-corrected chi connectivity index (χ0v) is 17.5. The Hall–Kier alpha value is -3.12. The lowest BCUT2D eigenvalue weighted by atomic mass is 10.1. The first-order chi connectivity index (χ1) is 14.0. The van der Waals surface area contributed by atoms with Crippen LogP contribution in [0.25, 0.3) is 11.3 Å². The average molecular weight is 392 g/mol. The zero-order valence-electron chi connectivity index (χ0n) is 17.5. The standard InChI is InChI=1S/C23H29N5O/c1-17(2)29-21-13-9-8-12-19(21)25-23-26-20(18-10-6-5-7-11-18)16-22(27-23)24-14-15-28(3)4/h5-13,16-17H,14-15H2,1-4H3,(H2,24,25,26,27). The highest BCUT2D eigenvalue weighted by Gasteiger charge is 2.10. The predicted molar refractivity (Wildman–Crippen MR) is 120 cm³/mol. The average Bonchev–Trinajstić information content (AvgIpc) is 2.69. The molecule has 0 saturated heterocycles. The minimum atomic E-state index is 0.0813. The summed E-state index contributed by atoms with van der Waals surface area (Å²) in [6, 6.07) is 19.9. The smallest absolute Gasteiger partial charge is 0.229 e. The van der Waals surface area contributed by atoms with Gasteiger partial charge in [0.15, 0.2) is 0 Å². The molecule has 0 radical (unpaired) electrons. The van der Waals surface area contributed by atoms with Crippen LogP contribution in [0.2, 0.25) is 0 Å². The van der Waals surface area contributed by atoms with Crippen LogP contribution in [0.15, 0.2) is 60.7 Å². The number of nitrogens with one attached hydrogen (secondary N) is 2. The molecule has 2 aromatic carbocycles. The number of likely N-dealkylation sites (N-methyl/N-ethyl adjacent to an activating group) is 1. The van der Waals surface area contributed by atoms with E-state index in [0.717, 1.165) is 41.6 Å². The lowest BCUT2D eigenvalue weighted by Gasteiger charge is -2.16. The van der Waals surface area contributed by atoms with Crippen LogP contribution < -0.4 is 15.4 Å². The number of rotatable bonds is 9. The molecule has 152 valence electrons. The van der Waals surface area contributed by atoms with Gasteiger partial charge in [0.25, 0.3) is 0 Å². The molecule has 1 aromatic heterocycles. The summed E-state index contributed by atoms with van der Waals surface area (Å²) >= 11 is 0. The molecule has 1 heterocycles. The lowest BCUT2D eigenvalue weighted by Crippen LogP contribution is -2.21. The Morgan fingerprint density at radius 1 is 0.966 bits per heavy atom. The first-order valence-electron chi connectivity index (χ1n) is 9.87. The minimum Gasteiger partial charge on any atom is -0.489 e. The summed E-state index contributed by atoms with van der Waals surface area (Å²) in [6.45, 7) is 5.73. The van der Waals surface area contributed by atoms with Gasteiger partial charge in [0.2, 0.25) is 5.95 Å². The van der Waals surface area contributed by atoms with Gasteiger partial charge in [0, 0.05) is 24.7 Å². The number of hydrogen-bond donors (Lipinski definition) is 2. The summed E-state index contributed by atoms with van der Waals surface area (Å²) < 4.78 is 5.91. The first-order valence-corrected chi connectivity index (χ1v) is 9.87. The number of para-hydroxylation sites is 2. The number of anilines is 3. The van der Waals surface area contributed by atoms with Crippen molar-refractivity contribution in [2.24, 2.45) is 0 Å². The van der Waals surface area contributed by atoms with Gasteiger partial charge < -0.3 is 20.3 Å². The quantitative estimate of drug-likeness (QED) is 0.554. The highest BCUT2D eigenvalue weighted by Crippen LogP contribution is 2.29. The second-order valence-electron chi connectivity index (χ2n) is 7.35. The van der Waals surface area contributed by atoms with Crippen LogP contribution in [0.3, 0.4) is 0 Å². The van der Waals surface area contributed by atoms with Crippen LogP contribution in [-0.2, 0) is 0 Å². The Morgan fingerprint density at radius 2 is 1.69 bits per heavy atom. The second kappa shape index (κ2) is 9.89. The van der Waals surface area contributed by atoms with Crippen LogP contribution >= 0.6 is 0 Å². The van der Waals surface area contributed by atoms with E-state index in [9.17, 15) is 0 Å². The van der Waals surface area contributed by atoms with Crippen molar-refractivity contribution < 1.29 is 4.74 Å². The molecule has 0 fully saturated rings. The summed E-state index contributed by atoms with van der Waals surface area (Å²) in [4.78, 5) is 11.5. The van der Waals surface area contributed by atoms with E-state index in [2.05, 4.69) is 34.6 Å². The van der Waals surface area contributed by atoms with E-state index in [1.54, 1.807) is 0 Å². The fourth-order valence-electron chi connectivity index (χ4n) is 2.81. The molecule has 3 rings (SSSR count). The molecule has 29 heavy (non-hydrogen) atoms. The topological polar surface area (TPSA) is 62.3 Å². The van der Waals surface area contributed by atoms with Gasteiger partial charge in [0.1, 0.15) is 11.6 Å². The van der Waals surface area contributed by atoms with Crippen LogP contribution in [0, 0.1) is 0 Å². The van der Waals surface area contributed by atoms with Crippen LogP contribution in [-0.4, -0.2) is 48.2 Å². The van der Waals surface area contributed by atoms with E-state index >= 15 is 0 Å². The number of aromatic nitrogens is 2. The third-order valence-corrected chi connectivity index (χ3v) is 4.16. The van der Waals surface area contributed by atoms with Gasteiger partial charge in [-0.05, 0) is 40.1 Å². The molecule has 0 unspecified atom stereocenters. The van der Waals surface area contributed by atoms with Crippen molar-refractivity contribution in [2.75, 3.05) is 37.8 Å². The monoisotopic (exact) mass is 391 g/mol. The minimum absolute atomic E-state index is 0.0813. The molecular formula is C23H29N5O. The molecule has 0 saturated carbocycles. The highest BCUT2D eigenvalue weighted by atomic mass is 16.5. The molecule has 0 spiro atoms. The van der Waals surface area contributed by atoms with Gasteiger partial charge in [-0.25, -0.2) is 4.98 Å². The third-order valence-electron chi connectivity index (χ3n) is 4.16. The van der Waals surface area contributed by atoms with Crippen molar-refractivity contribution >= 4 is 17.5 Å². The summed E-state index contributed by atoms with van der Waals surface area (Å²) in [7, 11) is 4.10. The van der Waals surface area contributed by atoms with Crippen molar-refractivity contribution in [3.8, 4) is 17.0 Å². The van der Waals surface area contributed by atoms with E-state index in [1.165, 1.54) is 0 Å². The summed E-state index contributed by atoms with van der Waals surface area (Å²) in [5.74, 6) is 2.09. The predicted octanol–water partition coefficient (Wildman–Crippen LogP) is 4.65. The maximum Gasteiger partial charge on any atom is 0.229 e. The van der Waals surface area contributed by atoms with Crippen molar-refractivity contribution in [3.05, 3.63) is 60.7 Å². The molecular weight excluding hydrogens is 362 g/mol. The molecule has 0 bridgehead atoms. The Labute approximate surface area is 173 Å². The van der Waals surface area contributed by atoms with E-state index in [4.69, 9.17) is 9.72 Å². The highest BCUT2D eigenvalue weighted by molar-refractivity contribution is 5.68. The Kier molecular flexibility index (Phi) is 7.03. The second-order valence-corrected chi connectivity index (χ2v) is 7.35. The number of benzene rings is 2. The van der Waals surface area contributed by atoms with Gasteiger partial charge in [-0.3, -0.25) is 0 Å². The van der Waals surface area contributed by atoms with Crippen molar-refractivity contribution in [2.45, 2.75) is 20.0 Å². The van der Waals surface area contributed by atoms with Crippen LogP contribution in [0.1, 0.15) is 13.8 Å². The van der Waals surface area contributed by atoms with Crippen LogP contribution in [0.5, 0.6) is 5.75 Å². The normalized spacial score (nSPS) is 11.0.